The summed E-state index contributed by atoms with van der Waals surface area (Å²) in [5.74, 6) is -0.0578. The minimum Gasteiger partial charge on any atom is -0.457 e. The monoisotopic (exact) mass is 260 g/mol. The zero-order valence-electron chi connectivity index (χ0n) is 12.7. The van der Waals surface area contributed by atoms with Gasteiger partial charge in [0.25, 0.3) is 0 Å². The summed E-state index contributed by atoms with van der Waals surface area (Å²) in [5, 5.41) is 10.1. The van der Waals surface area contributed by atoms with Crippen LogP contribution >= 0.6 is 0 Å². The SMILES string of the molecule is CC(C)CC(=O)OC(C(C)OC(C)C)C(C)(C)O. The molecule has 18 heavy (non-hydrogen) atoms. The van der Waals surface area contributed by atoms with E-state index in [-0.39, 0.29) is 24.1 Å². The third-order valence-corrected chi connectivity index (χ3v) is 2.44. The first-order chi connectivity index (χ1) is 8.04. The van der Waals surface area contributed by atoms with E-state index >= 15 is 0 Å². The molecule has 0 saturated carbocycles. The van der Waals surface area contributed by atoms with Gasteiger partial charge in [0.15, 0.2) is 6.10 Å². The lowest BCUT2D eigenvalue weighted by Crippen LogP contribution is -2.48. The van der Waals surface area contributed by atoms with E-state index in [9.17, 15) is 9.90 Å². The summed E-state index contributed by atoms with van der Waals surface area (Å²) >= 11 is 0. The zero-order chi connectivity index (χ0) is 14.5. The van der Waals surface area contributed by atoms with Gasteiger partial charge in [0, 0.05) is 6.42 Å². The topological polar surface area (TPSA) is 55.8 Å². The van der Waals surface area contributed by atoms with Gasteiger partial charge < -0.3 is 14.6 Å². The number of carbonyl (C=O) groups is 1. The molecule has 0 radical (unpaired) electrons. The van der Waals surface area contributed by atoms with Crippen molar-refractivity contribution in [3.8, 4) is 0 Å². The average molecular weight is 260 g/mol. The van der Waals surface area contributed by atoms with Crippen LogP contribution in [0.3, 0.4) is 0 Å². The van der Waals surface area contributed by atoms with Crippen LogP contribution in [0, 0.1) is 5.92 Å². The molecule has 0 saturated heterocycles. The molecule has 0 spiro atoms. The maximum atomic E-state index is 11.7. The van der Waals surface area contributed by atoms with Gasteiger partial charge in [-0.05, 0) is 40.5 Å². The van der Waals surface area contributed by atoms with Gasteiger partial charge in [0.2, 0.25) is 0 Å². The lowest BCUT2D eigenvalue weighted by Gasteiger charge is -2.34. The third kappa shape index (κ3) is 6.97. The van der Waals surface area contributed by atoms with E-state index in [0.717, 1.165) is 0 Å². The van der Waals surface area contributed by atoms with Gasteiger partial charge in [-0.3, -0.25) is 4.79 Å². The Morgan fingerprint density at radius 1 is 1.17 bits per heavy atom. The Kier molecular flexibility index (Phi) is 6.86. The first-order valence-electron chi connectivity index (χ1n) is 6.61. The van der Waals surface area contributed by atoms with Crippen molar-refractivity contribution in [3.63, 3.8) is 0 Å². The standard InChI is InChI=1S/C14H28O4/c1-9(2)8-12(15)18-13(14(6,7)16)11(5)17-10(3)4/h9-11,13,16H,8H2,1-7H3. The zero-order valence-corrected chi connectivity index (χ0v) is 12.7. The highest BCUT2D eigenvalue weighted by atomic mass is 16.6. The minimum absolute atomic E-state index is 0.0219. The Hall–Kier alpha value is -0.610. The highest BCUT2D eigenvalue weighted by molar-refractivity contribution is 5.69. The van der Waals surface area contributed by atoms with Gasteiger partial charge >= 0.3 is 5.97 Å². The average Bonchev–Trinajstić information content (AvgIpc) is 2.09. The molecule has 0 amide bonds. The summed E-state index contributed by atoms with van der Waals surface area (Å²) in [6.07, 6.45) is -0.637. The highest BCUT2D eigenvalue weighted by Crippen LogP contribution is 2.21. The van der Waals surface area contributed by atoms with Gasteiger partial charge in [0.1, 0.15) is 0 Å². The van der Waals surface area contributed by atoms with Gasteiger partial charge in [-0.15, -0.1) is 0 Å². The fourth-order valence-electron chi connectivity index (χ4n) is 1.84. The Bertz CT molecular complexity index is 253. The summed E-state index contributed by atoms with van der Waals surface area (Å²) in [4.78, 5) is 11.7. The van der Waals surface area contributed by atoms with Crippen LogP contribution in [0.1, 0.15) is 54.9 Å². The Balaban J connectivity index is 4.65. The minimum atomic E-state index is -1.12. The van der Waals surface area contributed by atoms with Gasteiger partial charge in [-0.25, -0.2) is 0 Å². The molecule has 0 fully saturated rings. The number of hydrogen-bond acceptors (Lipinski definition) is 4. The maximum absolute atomic E-state index is 11.7. The fraction of sp³-hybridized carbons (Fsp3) is 0.929. The van der Waals surface area contributed by atoms with Crippen molar-refractivity contribution in [3.05, 3.63) is 0 Å². The third-order valence-electron chi connectivity index (χ3n) is 2.44. The fourth-order valence-corrected chi connectivity index (χ4v) is 1.84. The summed E-state index contributed by atoms with van der Waals surface area (Å²) < 4.78 is 11.0. The Labute approximate surface area is 111 Å². The molecule has 4 heteroatoms. The molecule has 0 aliphatic heterocycles. The number of aliphatic hydroxyl groups is 1. The number of rotatable bonds is 7. The first kappa shape index (κ1) is 17.4. The summed E-state index contributed by atoms with van der Waals surface area (Å²) in [6, 6.07) is 0. The lowest BCUT2D eigenvalue weighted by atomic mass is 9.97. The second-order valence-electron chi connectivity index (χ2n) is 6.05. The highest BCUT2D eigenvalue weighted by Gasteiger charge is 2.36. The van der Waals surface area contributed by atoms with Crippen LogP contribution in [-0.4, -0.2) is 35.0 Å². The molecule has 0 heterocycles. The molecule has 2 unspecified atom stereocenters. The maximum Gasteiger partial charge on any atom is 0.306 e. The quantitative estimate of drug-likeness (QED) is 0.715. The first-order valence-corrected chi connectivity index (χ1v) is 6.61. The van der Waals surface area contributed by atoms with Crippen LogP contribution < -0.4 is 0 Å². The van der Waals surface area contributed by atoms with E-state index in [0.29, 0.717) is 6.42 Å². The summed E-state index contributed by atoms with van der Waals surface area (Å²) in [7, 11) is 0. The van der Waals surface area contributed by atoms with E-state index in [1.807, 2.05) is 34.6 Å². The number of esters is 1. The van der Waals surface area contributed by atoms with Crippen molar-refractivity contribution in [2.75, 3.05) is 0 Å². The molecule has 2 atom stereocenters. The predicted octanol–water partition coefficient (Wildman–Crippen LogP) is 2.53. The van der Waals surface area contributed by atoms with Crippen molar-refractivity contribution in [1.29, 1.82) is 0 Å². The molecule has 4 nitrogen and oxygen atoms in total. The van der Waals surface area contributed by atoms with Crippen molar-refractivity contribution < 1.29 is 19.4 Å². The predicted molar refractivity (Wildman–Crippen MR) is 71.3 cm³/mol. The second-order valence-corrected chi connectivity index (χ2v) is 6.05. The smallest absolute Gasteiger partial charge is 0.306 e. The number of ether oxygens (including phenoxy) is 2. The molecule has 0 aromatic carbocycles. The van der Waals surface area contributed by atoms with Crippen LogP contribution in [0.4, 0.5) is 0 Å². The number of hydrogen-bond donors (Lipinski definition) is 1. The van der Waals surface area contributed by atoms with Crippen LogP contribution in [0.25, 0.3) is 0 Å². The molecule has 108 valence electrons. The second kappa shape index (κ2) is 7.10. The molecule has 0 bridgehead atoms. The van der Waals surface area contributed by atoms with Crippen LogP contribution in [0.15, 0.2) is 0 Å². The van der Waals surface area contributed by atoms with Crippen molar-refractivity contribution in [2.45, 2.75) is 78.8 Å². The molecular weight excluding hydrogens is 232 g/mol. The van der Waals surface area contributed by atoms with E-state index in [1.54, 1.807) is 13.8 Å². The van der Waals surface area contributed by atoms with Crippen LogP contribution in [-0.2, 0) is 14.3 Å². The van der Waals surface area contributed by atoms with Crippen LogP contribution in [0.5, 0.6) is 0 Å². The van der Waals surface area contributed by atoms with Crippen molar-refractivity contribution in [1.82, 2.24) is 0 Å². The van der Waals surface area contributed by atoms with Gasteiger partial charge in [0.05, 0.1) is 17.8 Å². The molecule has 0 aliphatic carbocycles. The van der Waals surface area contributed by atoms with E-state index in [1.165, 1.54) is 0 Å². The lowest BCUT2D eigenvalue weighted by molar-refractivity contribution is -0.183. The number of carbonyl (C=O) groups excluding carboxylic acids is 1. The molecular formula is C14H28O4. The molecule has 0 rings (SSSR count). The van der Waals surface area contributed by atoms with Crippen LogP contribution in [0.2, 0.25) is 0 Å². The summed E-state index contributed by atoms with van der Waals surface area (Å²) in [5.41, 5.74) is -1.12. The Morgan fingerprint density at radius 3 is 2.00 bits per heavy atom. The molecule has 0 aromatic rings. The van der Waals surface area contributed by atoms with E-state index in [4.69, 9.17) is 9.47 Å². The van der Waals surface area contributed by atoms with Crippen molar-refractivity contribution in [2.24, 2.45) is 5.92 Å². The largest absolute Gasteiger partial charge is 0.457 e. The molecule has 0 aliphatic rings. The van der Waals surface area contributed by atoms with E-state index in [2.05, 4.69) is 0 Å². The van der Waals surface area contributed by atoms with Gasteiger partial charge in [-0.1, -0.05) is 13.8 Å². The van der Waals surface area contributed by atoms with Crippen molar-refractivity contribution >= 4 is 5.97 Å². The molecule has 0 aromatic heterocycles. The van der Waals surface area contributed by atoms with Gasteiger partial charge in [-0.2, -0.15) is 0 Å². The normalized spacial score (nSPS) is 15.9. The molecule has 1 N–H and O–H groups in total. The van der Waals surface area contributed by atoms with E-state index < -0.39 is 11.7 Å². The summed E-state index contributed by atoms with van der Waals surface area (Å²) in [6.45, 7) is 12.8. The Morgan fingerprint density at radius 2 is 1.67 bits per heavy atom.